The largest absolute Gasteiger partial charge is 0.301 e. The third kappa shape index (κ3) is 4.58. The van der Waals surface area contributed by atoms with Gasteiger partial charge in [-0.05, 0) is 19.5 Å². The Labute approximate surface area is 92.5 Å². The van der Waals surface area contributed by atoms with E-state index in [-0.39, 0.29) is 0 Å². The summed E-state index contributed by atoms with van der Waals surface area (Å²) in [6.07, 6.45) is 1.29. The fourth-order valence-electron chi connectivity index (χ4n) is 1.75. The summed E-state index contributed by atoms with van der Waals surface area (Å²) in [5, 5.41) is 0. The molecule has 0 amide bonds. The van der Waals surface area contributed by atoms with Crippen molar-refractivity contribution in [3.63, 3.8) is 0 Å². The Morgan fingerprint density at radius 2 is 1.23 bits per heavy atom. The molecule has 0 N–H and O–H groups in total. The van der Waals surface area contributed by atoms with Gasteiger partial charge in [0.15, 0.2) is 0 Å². The van der Waals surface area contributed by atoms with Crippen LogP contribution in [0.2, 0.25) is 0 Å². The SMILES string of the molecule is SCCN1CCCN(CCS)CC1. The third-order valence-corrected chi connectivity index (χ3v) is 2.91. The highest BCUT2D eigenvalue weighted by Crippen LogP contribution is 2.02. The predicted molar refractivity (Wildman–Crippen MR) is 65.2 cm³/mol. The predicted octanol–water partition coefficient (Wildman–Crippen LogP) is 0.854. The van der Waals surface area contributed by atoms with Crippen LogP contribution in [0.3, 0.4) is 0 Å². The highest BCUT2D eigenvalue weighted by molar-refractivity contribution is 7.80. The molecule has 1 aliphatic heterocycles. The monoisotopic (exact) mass is 220 g/mol. The maximum Gasteiger partial charge on any atom is 0.0110 e. The summed E-state index contributed by atoms with van der Waals surface area (Å²) >= 11 is 8.52. The second-order valence-corrected chi connectivity index (χ2v) is 4.38. The van der Waals surface area contributed by atoms with E-state index in [9.17, 15) is 0 Å². The van der Waals surface area contributed by atoms with Gasteiger partial charge in [0, 0.05) is 37.7 Å². The lowest BCUT2D eigenvalue weighted by Crippen LogP contribution is -2.32. The fourth-order valence-corrected chi connectivity index (χ4v) is 2.32. The lowest BCUT2D eigenvalue weighted by Gasteiger charge is -2.20. The summed E-state index contributed by atoms with van der Waals surface area (Å²) < 4.78 is 0. The molecule has 0 aromatic rings. The molecule has 1 fully saturated rings. The van der Waals surface area contributed by atoms with Crippen LogP contribution in [0, 0.1) is 0 Å². The van der Waals surface area contributed by atoms with Crippen LogP contribution in [0.4, 0.5) is 0 Å². The summed E-state index contributed by atoms with van der Waals surface area (Å²) in [5.41, 5.74) is 0. The van der Waals surface area contributed by atoms with Gasteiger partial charge in [0.05, 0.1) is 0 Å². The number of thiol groups is 2. The van der Waals surface area contributed by atoms with Crippen molar-refractivity contribution in [2.45, 2.75) is 6.42 Å². The maximum atomic E-state index is 4.26. The smallest absolute Gasteiger partial charge is 0.0110 e. The molecule has 1 aliphatic rings. The number of hydrogen-bond acceptors (Lipinski definition) is 4. The Hall–Kier alpha value is 0.620. The molecule has 13 heavy (non-hydrogen) atoms. The molecule has 0 spiro atoms. The first kappa shape index (κ1) is 11.7. The summed E-state index contributed by atoms with van der Waals surface area (Å²) in [5.74, 6) is 1.96. The van der Waals surface area contributed by atoms with E-state index >= 15 is 0 Å². The van der Waals surface area contributed by atoms with Crippen molar-refractivity contribution in [2.24, 2.45) is 0 Å². The summed E-state index contributed by atoms with van der Waals surface area (Å²) in [4.78, 5) is 5.01. The average molecular weight is 220 g/mol. The zero-order chi connectivity index (χ0) is 9.52. The Balaban J connectivity index is 2.22. The van der Waals surface area contributed by atoms with Gasteiger partial charge in [0.1, 0.15) is 0 Å². The lowest BCUT2D eigenvalue weighted by atomic mass is 10.4. The fraction of sp³-hybridized carbons (Fsp3) is 1.00. The van der Waals surface area contributed by atoms with E-state index in [2.05, 4.69) is 35.1 Å². The van der Waals surface area contributed by atoms with Crippen LogP contribution in [0.25, 0.3) is 0 Å². The molecule has 1 heterocycles. The lowest BCUT2D eigenvalue weighted by molar-refractivity contribution is 0.274. The first-order valence-electron chi connectivity index (χ1n) is 5.03. The molecule has 1 rings (SSSR count). The van der Waals surface area contributed by atoms with E-state index < -0.39 is 0 Å². The molecule has 0 aliphatic carbocycles. The number of hydrogen-bond donors (Lipinski definition) is 2. The van der Waals surface area contributed by atoms with Crippen molar-refractivity contribution in [2.75, 3.05) is 50.8 Å². The highest BCUT2D eigenvalue weighted by Gasteiger charge is 2.12. The van der Waals surface area contributed by atoms with Gasteiger partial charge in [-0.25, -0.2) is 0 Å². The highest BCUT2D eigenvalue weighted by atomic mass is 32.1. The Morgan fingerprint density at radius 1 is 0.769 bits per heavy atom. The van der Waals surface area contributed by atoms with Crippen molar-refractivity contribution < 1.29 is 0 Å². The first-order chi connectivity index (χ1) is 6.36. The van der Waals surface area contributed by atoms with Crippen LogP contribution in [0.15, 0.2) is 0 Å². The second-order valence-electron chi connectivity index (χ2n) is 3.48. The van der Waals surface area contributed by atoms with Gasteiger partial charge >= 0.3 is 0 Å². The van der Waals surface area contributed by atoms with Gasteiger partial charge in [-0.2, -0.15) is 25.3 Å². The van der Waals surface area contributed by atoms with Gasteiger partial charge in [0.2, 0.25) is 0 Å². The second kappa shape index (κ2) is 6.98. The molecule has 1 saturated heterocycles. The molecule has 0 aromatic carbocycles. The number of nitrogens with zero attached hydrogens (tertiary/aromatic N) is 2. The molecule has 78 valence electrons. The molecule has 0 bridgehead atoms. The van der Waals surface area contributed by atoms with Crippen LogP contribution in [0.1, 0.15) is 6.42 Å². The van der Waals surface area contributed by atoms with Crippen molar-refractivity contribution in [3.05, 3.63) is 0 Å². The minimum Gasteiger partial charge on any atom is -0.301 e. The number of rotatable bonds is 4. The molecular weight excluding hydrogens is 200 g/mol. The van der Waals surface area contributed by atoms with Crippen molar-refractivity contribution in [1.29, 1.82) is 0 Å². The van der Waals surface area contributed by atoms with Crippen LogP contribution >= 0.6 is 25.3 Å². The van der Waals surface area contributed by atoms with E-state index in [1.165, 1.54) is 32.6 Å². The van der Waals surface area contributed by atoms with Crippen LogP contribution < -0.4 is 0 Å². The van der Waals surface area contributed by atoms with Crippen LogP contribution in [-0.4, -0.2) is 60.6 Å². The van der Waals surface area contributed by atoms with E-state index in [0.717, 1.165) is 24.6 Å². The quantitative estimate of drug-likeness (QED) is 0.678. The van der Waals surface area contributed by atoms with E-state index in [1.807, 2.05) is 0 Å². The Bertz CT molecular complexity index is 119. The van der Waals surface area contributed by atoms with Gasteiger partial charge < -0.3 is 9.80 Å². The molecule has 0 radical (unpaired) electrons. The van der Waals surface area contributed by atoms with Crippen LogP contribution in [0.5, 0.6) is 0 Å². The molecule has 0 aromatic heterocycles. The topological polar surface area (TPSA) is 6.48 Å². The zero-order valence-corrected chi connectivity index (χ0v) is 9.94. The van der Waals surface area contributed by atoms with Gasteiger partial charge in [0.25, 0.3) is 0 Å². The molecule has 0 saturated carbocycles. The zero-order valence-electron chi connectivity index (χ0n) is 8.15. The van der Waals surface area contributed by atoms with Crippen molar-refractivity contribution in [1.82, 2.24) is 9.80 Å². The first-order valence-corrected chi connectivity index (χ1v) is 6.29. The summed E-state index contributed by atoms with van der Waals surface area (Å²) in [7, 11) is 0. The molecular formula is C9H20N2S2. The van der Waals surface area contributed by atoms with Crippen molar-refractivity contribution >= 4 is 25.3 Å². The minimum atomic E-state index is 0.979. The Kier molecular flexibility index (Phi) is 6.28. The summed E-state index contributed by atoms with van der Waals surface area (Å²) in [6.45, 7) is 7.16. The molecule has 0 atom stereocenters. The third-order valence-electron chi connectivity index (χ3n) is 2.51. The van der Waals surface area contributed by atoms with Gasteiger partial charge in [-0.15, -0.1) is 0 Å². The normalized spacial score (nSPS) is 21.7. The van der Waals surface area contributed by atoms with E-state index in [1.54, 1.807) is 0 Å². The van der Waals surface area contributed by atoms with Gasteiger partial charge in [-0.1, -0.05) is 0 Å². The molecule has 0 unspecified atom stereocenters. The van der Waals surface area contributed by atoms with E-state index in [0.29, 0.717) is 0 Å². The maximum absolute atomic E-state index is 4.26. The van der Waals surface area contributed by atoms with Gasteiger partial charge in [-0.3, -0.25) is 0 Å². The Morgan fingerprint density at radius 3 is 1.62 bits per heavy atom. The molecule has 2 nitrogen and oxygen atoms in total. The standard InChI is InChI=1S/C9H20N2S2/c12-8-6-10-2-1-3-11(5-4-10)7-9-13/h12-13H,1-9H2. The summed E-state index contributed by atoms with van der Waals surface area (Å²) in [6, 6.07) is 0. The molecule has 4 heteroatoms. The van der Waals surface area contributed by atoms with Crippen LogP contribution in [-0.2, 0) is 0 Å². The average Bonchev–Trinajstić information content (AvgIpc) is 2.33. The minimum absolute atomic E-state index is 0.979. The van der Waals surface area contributed by atoms with Crippen molar-refractivity contribution in [3.8, 4) is 0 Å². The van der Waals surface area contributed by atoms with E-state index in [4.69, 9.17) is 0 Å².